The van der Waals surface area contributed by atoms with Gasteiger partial charge in [0.25, 0.3) is 0 Å². The first-order chi connectivity index (χ1) is 11.6. The van der Waals surface area contributed by atoms with Gasteiger partial charge in [-0.3, -0.25) is 0 Å². The van der Waals surface area contributed by atoms with Crippen LogP contribution in [0.1, 0.15) is 58.3 Å². The third-order valence-corrected chi connectivity index (χ3v) is 7.93. The molecule has 4 aliphatic carbocycles. The van der Waals surface area contributed by atoms with Gasteiger partial charge in [-0.25, -0.2) is 0 Å². The van der Waals surface area contributed by atoms with Crippen molar-refractivity contribution in [2.24, 2.45) is 29.1 Å². The molecule has 134 valence electrons. The lowest BCUT2D eigenvalue weighted by Crippen LogP contribution is -2.47. The van der Waals surface area contributed by atoms with E-state index < -0.39 is 0 Å². The van der Waals surface area contributed by atoms with Crippen molar-refractivity contribution in [2.75, 3.05) is 14.2 Å². The number of methoxy groups -OCH3 is 2. The van der Waals surface area contributed by atoms with E-state index in [0.29, 0.717) is 17.8 Å². The van der Waals surface area contributed by atoms with E-state index >= 15 is 0 Å². The summed E-state index contributed by atoms with van der Waals surface area (Å²) in [5, 5.41) is 10.7. The normalized spacial score (nSPS) is 44.3. The molecule has 0 amide bonds. The molecule has 0 bridgehead atoms. The number of hydrogen-bond donors (Lipinski definition) is 1. The minimum absolute atomic E-state index is 0.0756. The monoisotopic (exact) mass is 332 g/mol. The quantitative estimate of drug-likeness (QED) is 0.831. The summed E-state index contributed by atoms with van der Waals surface area (Å²) in [6.45, 7) is 2.29. The summed E-state index contributed by atoms with van der Waals surface area (Å²) in [7, 11) is 3.59. The molecule has 1 unspecified atom stereocenters. The number of aliphatic hydroxyl groups excluding tert-OH is 1. The maximum absolute atomic E-state index is 10.7. The molecule has 3 fully saturated rings. The summed E-state index contributed by atoms with van der Waals surface area (Å²) < 4.78 is 11.4. The van der Waals surface area contributed by atoms with Crippen molar-refractivity contribution in [3.05, 3.63) is 23.2 Å². The van der Waals surface area contributed by atoms with Gasteiger partial charge >= 0.3 is 0 Å². The Kier molecular flexibility index (Phi) is 4.19. The van der Waals surface area contributed by atoms with Gasteiger partial charge in [0.05, 0.1) is 32.5 Å². The Labute approximate surface area is 146 Å². The Hall–Kier alpha value is -0.960. The molecule has 4 aliphatic rings. The molecule has 0 heterocycles. The van der Waals surface area contributed by atoms with Crippen molar-refractivity contribution in [2.45, 2.75) is 64.4 Å². The van der Waals surface area contributed by atoms with E-state index in [4.69, 9.17) is 9.47 Å². The summed E-state index contributed by atoms with van der Waals surface area (Å²) in [5.74, 6) is 4.83. The predicted molar refractivity (Wildman–Crippen MR) is 94.1 cm³/mol. The molecule has 0 aromatic carbocycles. The van der Waals surface area contributed by atoms with Crippen LogP contribution in [-0.2, 0) is 9.47 Å². The zero-order valence-corrected chi connectivity index (χ0v) is 15.4. The molecule has 0 aromatic heterocycles. The number of hydrogen-bond acceptors (Lipinski definition) is 3. The Morgan fingerprint density at radius 2 is 1.96 bits per heavy atom. The molecule has 6 atom stereocenters. The first-order valence-electron chi connectivity index (χ1n) is 9.84. The second kappa shape index (κ2) is 6.09. The fourth-order valence-corrected chi connectivity index (χ4v) is 6.80. The number of allylic oxidation sites excluding steroid dienone is 2. The third kappa shape index (κ3) is 2.20. The van der Waals surface area contributed by atoms with Crippen LogP contribution in [-0.4, -0.2) is 25.4 Å². The van der Waals surface area contributed by atoms with Crippen LogP contribution in [0.15, 0.2) is 23.2 Å². The average molecular weight is 332 g/mol. The largest absolute Gasteiger partial charge is 0.501 e. The van der Waals surface area contributed by atoms with Crippen molar-refractivity contribution < 1.29 is 14.6 Å². The molecule has 3 saturated carbocycles. The van der Waals surface area contributed by atoms with Gasteiger partial charge in [0.2, 0.25) is 0 Å². The van der Waals surface area contributed by atoms with Crippen molar-refractivity contribution >= 4 is 0 Å². The highest BCUT2D eigenvalue weighted by molar-refractivity contribution is 5.32. The van der Waals surface area contributed by atoms with E-state index in [0.717, 1.165) is 36.7 Å². The van der Waals surface area contributed by atoms with Crippen molar-refractivity contribution in [3.63, 3.8) is 0 Å². The second-order valence-corrected chi connectivity index (χ2v) is 8.38. The van der Waals surface area contributed by atoms with Crippen LogP contribution in [0.3, 0.4) is 0 Å². The van der Waals surface area contributed by atoms with Crippen LogP contribution in [0, 0.1) is 29.1 Å². The Bertz CT molecular complexity index is 563. The van der Waals surface area contributed by atoms with Crippen molar-refractivity contribution in [3.8, 4) is 0 Å². The Morgan fingerprint density at radius 3 is 2.67 bits per heavy atom. The number of ether oxygens (including phenoxy) is 2. The zero-order valence-electron chi connectivity index (χ0n) is 15.4. The predicted octanol–water partition coefficient (Wildman–Crippen LogP) is 4.42. The zero-order chi connectivity index (χ0) is 16.9. The van der Waals surface area contributed by atoms with E-state index in [2.05, 4.69) is 13.0 Å². The summed E-state index contributed by atoms with van der Waals surface area (Å²) in [6, 6.07) is 0. The number of aliphatic hydroxyl groups is 1. The van der Waals surface area contributed by atoms with Crippen LogP contribution in [0.25, 0.3) is 0 Å². The summed E-state index contributed by atoms with van der Waals surface area (Å²) in [5.41, 5.74) is 1.77. The first kappa shape index (κ1) is 16.5. The molecule has 0 aliphatic heterocycles. The van der Waals surface area contributed by atoms with Gasteiger partial charge in [-0.05, 0) is 79.8 Å². The third-order valence-electron chi connectivity index (χ3n) is 7.93. The minimum atomic E-state index is -0.0756. The highest BCUT2D eigenvalue weighted by atomic mass is 16.5. The molecule has 0 spiro atoms. The molecule has 0 saturated heterocycles. The van der Waals surface area contributed by atoms with Crippen LogP contribution in [0.5, 0.6) is 0 Å². The molecule has 0 aromatic rings. The number of fused-ring (bicyclic) bond motifs is 5. The standard InChI is InChI=1S/C21H32O3/c1-4-21-10-9-16-15(17(21)7-8-19(21)22)6-5-13-11-14(23-2)12-18(24-3)20(13)16/h11,13,15-17,19,22H,4-10,12H2,1-3H3/t13?,15-,16+,17+,19+,21+/m1/s1. The maximum atomic E-state index is 10.7. The first-order valence-corrected chi connectivity index (χ1v) is 9.84. The van der Waals surface area contributed by atoms with E-state index in [1.165, 1.54) is 32.1 Å². The van der Waals surface area contributed by atoms with Gasteiger partial charge in [-0.2, -0.15) is 0 Å². The van der Waals surface area contributed by atoms with E-state index in [1.807, 2.05) is 7.11 Å². The van der Waals surface area contributed by atoms with Crippen LogP contribution >= 0.6 is 0 Å². The number of rotatable bonds is 3. The highest BCUT2D eigenvalue weighted by Gasteiger charge is 2.57. The molecule has 0 radical (unpaired) electrons. The molecule has 3 nitrogen and oxygen atoms in total. The lowest BCUT2D eigenvalue weighted by Gasteiger charge is -2.53. The Morgan fingerprint density at radius 1 is 1.12 bits per heavy atom. The summed E-state index contributed by atoms with van der Waals surface area (Å²) >= 11 is 0. The second-order valence-electron chi connectivity index (χ2n) is 8.38. The Balaban J connectivity index is 1.67. The highest BCUT2D eigenvalue weighted by Crippen LogP contribution is 2.63. The van der Waals surface area contributed by atoms with Crippen LogP contribution in [0.4, 0.5) is 0 Å². The smallest absolute Gasteiger partial charge is 0.103 e. The maximum Gasteiger partial charge on any atom is 0.103 e. The molecule has 24 heavy (non-hydrogen) atoms. The average Bonchev–Trinajstić information content (AvgIpc) is 2.97. The van der Waals surface area contributed by atoms with Gasteiger partial charge in [0, 0.05) is 5.92 Å². The van der Waals surface area contributed by atoms with E-state index in [1.54, 1.807) is 12.7 Å². The molecule has 1 N–H and O–H groups in total. The minimum Gasteiger partial charge on any atom is -0.501 e. The van der Waals surface area contributed by atoms with Gasteiger partial charge in [0.1, 0.15) is 5.76 Å². The van der Waals surface area contributed by atoms with Crippen molar-refractivity contribution in [1.82, 2.24) is 0 Å². The van der Waals surface area contributed by atoms with Gasteiger partial charge < -0.3 is 14.6 Å². The van der Waals surface area contributed by atoms with E-state index in [9.17, 15) is 5.11 Å². The SMILES string of the molecule is CC[C@]12CC[C@@H]3C4=C(OC)CC(OC)=CC4CC[C@H]3[C@@H]1CC[C@@H]2O. The summed E-state index contributed by atoms with van der Waals surface area (Å²) in [4.78, 5) is 0. The lowest BCUT2D eigenvalue weighted by atomic mass is 9.52. The topological polar surface area (TPSA) is 38.7 Å². The summed E-state index contributed by atoms with van der Waals surface area (Å²) in [6.07, 6.45) is 11.4. The molecule has 4 rings (SSSR count). The molecular formula is C21H32O3. The van der Waals surface area contributed by atoms with Crippen molar-refractivity contribution in [1.29, 1.82) is 0 Å². The van der Waals surface area contributed by atoms with Crippen LogP contribution in [0.2, 0.25) is 0 Å². The fourth-order valence-electron chi connectivity index (χ4n) is 6.80. The lowest BCUT2D eigenvalue weighted by molar-refractivity contribution is -0.0529. The fraction of sp³-hybridized carbons (Fsp3) is 0.810. The van der Waals surface area contributed by atoms with Gasteiger partial charge in [-0.1, -0.05) is 6.92 Å². The van der Waals surface area contributed by atoms with Gasteiger partial charge in [-0.15, -0.1) is 0 Å². The van der Waals surface area contributed by atoms with Crippen LogP contribution < -0.4 is 0 Å². The molecular weight excluding hydrogens is 300 g/mol. The van der Waals surface area contributed by atoms with Gasteiger partial charge in [0.15, 0.2) is 0 Å². The molecule has 3 heteroatoms. The van der Waals surface area contributed by atoms with E-state index in [-0.39, 0.29) is 11.5 Å².